The third-order valence-electron chi connectivity index (χ3n) is 3.96. The van der Waals surface area contributed by atoms with Crippen LogP contribution in [0.3, 0.4) is 0 Å². The minimum Gasteiger partial charge on any atom is -0.358 e. The number of rotatable bonds is 1. The van der Waals surface area contributed by atoms with Crippen molar-refractivity contribution in [2.75, 3.05) is 6.54 Å². The van der Waals surface area contributed by atoms with Gasteiger partial charge in [0.15, 0.2) is 0 Å². The number of halogens is 1. The fourth-order valence-electron chi connectivity index (χ4n) is 2.92. The van der Waals surface area contributed by atoms with Crippen LogP contribution in [0.4, 0.5) is 0 Å². The van der Waals surface area contributed by atoms with Gasteiger partial charge in [-0.05, 0) is 29.6 Å². The number of fused-ring (bicyclic) bond motifs is 3. The van der Waals surface area contributed by atoms with Gasteiger partial charge in [-0.3, -0.25) is 4.79 Å². The van der Waals surface area contributed by atoms with Gasteiger partial charge in [0.1, 0.15) is 0 Å². The number of carbonyl (C=O) groups is 1. The second-order valence-corrected chi connectivity index (χ2v) is 7.09. The van der Waals surface area contributed by atoms with Gasteiger partial charge in [-0.1, -0.05) is 22.0 Å². The Morgan fingerprint density at radius 1 is 1.33 bits per heavy atom. The first-order chi connectivity index (χ1) is 10.2. The molecule has 0 aliphatic carbocycles. The summed E-state index contributed by atoms with van der Waals surface area (Å²) in [7, 11) is 0. The van der Waals surface area contributed by atoms with Gasteiger partial charge in [0.2, 0.25) is 0 Å². The monoisotopic (exact) mass is 360 g/mol. The first kappa shape index (κ1) is 13.1. The lowest BCUT2D eigenvalue weighted by molar-refractivity contribution is 0.0740. The van der Waals surface area contributed by atoms with E-state index in [4.69, 9.17) is 0 Å². The number of amides is 1. The third-order valence-corrected chi connectivity index (χ3v) is 5.31. The zero-order chi connectivity index (χ0) is 14.4. The normalized spacial score (nSPS) is 14.4. The Hall–Kier alpha value is -1.59. The van der Waals surface area contributed by atoms with Crippen molar-refractivity contribution in [2.45, 2.75) is 13.0 Å². The van der Waals surface area contributed by atoms with Gasteiger partial charge in [0.05, 0.1) is 4.88 Å². The van der Waals surface area contributed by atoms with Gasteiger partial charge in [-0.15, -0.1) is 11.3 Å². The maximum Gasteiger partial charge on any atom is 0.264 e. The van der Waals surface area contributed by atoms with Gasteiger partial charge >= 0.3 is 0 Å². The topological polar surface area (TPSA) is 36.1 Å². The van der Waals surface area contributed by atoms with Crippen LogP contribution in [0, 0.1) is 0 Å². The number of nitrogens with zero attached hydrogens (tertiary/aromatic N) is 1. The summed E-state index contributed by atoms with van der Waals surface area (Å²) in [4.78, 5) is 18.8. The van der Waals surface area contributed by atoms with Crippen LogP contribution in [0.25, 0.3) is 10.9 Å². The minimum absolute atomic E-state index is 0.139. The van der Waals surface area contributed by atoms with Crippen LogP contribution in [-0.4, -0.2) is 22.3 Å². The third kappa shape index (κ3) is 2.21. The van der Waals surface area contributed by atoms with Crippen molar-refractivity contribution in [3.63, 3.8) is 0 Å². The van der Waals surface area contributed by atoms with Crippen molar-refractivity contribution in [2.24, 2.45) is 0 Å². The summed E-state index contributed by atoms with van der Waals surface area (Å²) in [5.41, 5.74) is 3.66. The molecule has 1 N–H and O–H groups in total. The molecule has 1 aliphatic rings. The highest BCUT2D eigenvalue weighted by Crippen LogP contribution is 2.30. The molecule has 3 nitrogen and oxygen atoms in total. The van der Waals surface area contributed by atoms with Crippen molar-refractivity contribution in [3.8, 4) is 0 Å². The smallest absolute Gasteiger partial charge is 0.264 e. The summed E-state index contributed by atoms with van der Waals surface area (Å²) in [6, 6.07) is 10.1. The lowest BCUT2D eigenvalue weighted by atomic mass is 10.0. The Labute approximate surface area is 134 Å². The molecule has 0 spiro atoms. The number of aromatic amines is 1. The largest absolute Gasteiger partial charge is 0.358 e. The Morgan fingerprint density at radius 2 is 2.24 bits per heavy atom. The molecule has 1 amide bonds. The molecule has 21 heavy (non-hydrogen) atoms. The van der Waals surface area contributed by atoms with E-state index >= 15 is 0 Å². The highest BCUT2D eigenvalue weighted by molar-refractivity contribution is 9.10. The van der Waals surface area contributed by atoms with Crippen LogP contribution in [0.1, 0.15) is 20.9 Å². The van der Waals surface area contributed by atoms with Gasteiger partial charge in [0.25, 0.3) is 5.91 Å². The van der Waals surface area contributed by atoms with Crippen molar-refractivity contribution in [3.05, 3.63) is 56.3 Å². The summed E-state index contributed by atoms with van der Waals surface area (Å²) in [6.07, 6.45) is 0.888. The van der Waals surface area contributed by atoms with Crippen LogP contribution >= 0.6 is 27.3 Å². The Morgan fingerprint density at radius 3 is 3.05 bits per heavy atom. The second kappa shape index (κ2) is 5.00. The average Bonchev–Trinajstić information content (AvgIpc) is 3.13. The lowest BCUT2D eigenvalue weighted by Gasteiger charge is -2.26. The molecular weight excluding hydrogens is 348 g/mol. The highest BCUT2D eigenvalue weighted by atomic mass is 79.9. The van der Waals surface area contributed by atoms with Crippen molar-refractivity contribution in [1.82, 2.24) is 9.88 Å². The van der Waals surface area contributed by atoms with E-state index in [1.54, 1.807) is 0 Å². The number of benzene rings is 1. The molecule has 0 atom stereocenters. The number of thiophene rings is 1. The average molecular weight is 361 g/mol. The minimum atomic E-state index is 0.139. The molecule has 3 aromatic rings. The number of hydrogen-bond acceptors (Lipinski definition) is 2. The lowest BCUT2D eigenvalue weighted by Crippen LogP contribution is -2.35. The van der Waals surface area contributed by atoms with Crippen molar-refractivity contribution >= 4 is 44.1 Å². The summed E-state index contributed by atoms with van der Waals surface area (Å²) in [5, 5.41) is 3.16. The summed E-state index contributed by atoms with van der Waals surface area (Å²) < 4.78 is 1.07. The zero-order valence-electron chi connectivity index (χ0n) is 11.2. The summed E-state index contributed by atoms with van der Waals surface area (Å²) in [6.45, 7) is 1.46. The van der Waals surface area contributed by atoms with Gasteiger partial charge in [-0.2, -0.15) is 0 Å². The van der Waals surface area contributed by atoms with E-state index in [2.05, 4.69) is 33.0 Å². The molecule has 3 heterocycles. The zero-order valence-corrected chi connectivity index (χ0v) is 13.6. The molecule has 1 aliphatic heterocycles. The molecule has 0 saturated heterocycles. The molecule has 0 saturated carbocycles. The van der Waals surface area contributed by atoms with Crippen molar-refractivity contribution in [1.29, 1.82) is 0 Å². The highest BCUT2D eigenvalue weighted by Gasteiger charge is 2.25. The molecule has 4 rings (SSSR count). The van der Waals surface area contributed by atoms with Crippen LogP contribution in [0.2, 0.25) is 0 Å². The molecule has 2 aromatic heterocycles. The Bertz CT molecular complexity index is 822. The molecule has 106 valence electrons. The SMILES string of the molecule is O=C(c1cccs1)N1CCc2[nH]c3ccc(Br)cc3c2C1. The van der Waals surface area contributed by atoms with E-state index in [1.165, 1.54) is 28.0 Å². The second-order valence-electron chi connectivity index (χ2n) is 5.23. The maximum absolute atomic E-state index is 12.5. The van der Waals surface area contributed by atoms with Crippen molar-refractivity contribution < 1.29 is 4.79 Å². The number of carbonyl (C=O) groups excluding carboxylic acids is 1. The van der Waals surface area contributed by atoms with E-state index in [1.807, 2.05) is 28.5 Å². The standard InChI is InChI=1S/C16H13BrN2OS/c17-10-3-4-13-11(8-10)12-9-19(6-5-14(12)18-13)16(20)15-2-1-7-21-15/h1-4,7-8,18H,5-6,9H2. The first-order valence-electron chi connectivity index (χ1n) is 6.84. The van der Waals surface area contributed by atoms with E-state index in [-0.39, 0.29) is 5.91 Å². The van der Waals surface area contributed by atoms with E-state index < -0.39 is 0 Å². The molecule has 1 aromatic carbocycles. The van der Waals surface area contributed by atoms with Crippen LogP contribution in [0.5, 0.6) is 0 Å². The Balaban J connectivity index is 1.72. The number of H-pyrrole nitrogens is 1. The first-order valence-corrected chi connectivity index (χ1v) is 8.51. The van der Waals surface area contributed by atoms with E-state index in [0.29, 0.717) is 6.54 Å². The van der Waals surface area contributed by atoms with Gasteiger partial charge < -0.3 is 9.88 Å². The predicted molar refractivity (Wildman–Crippen MR) is 88.8 cm³/mol. The quantitative estimate of drug-likeness (QED) is 0.693. The molecule has 5 heteroatoms. The fraction of sp³-hybridized carbons (Fsp3) is 0.188. The Kier molecular flexibility index (Phi) is 3.12. The van der Waals surface area contributed by atoms with Gasteiger partial charge in [-0.25, -0.2) is 0 Å². The van der Waals surface area contributed by atoms with Crippen LogP contribution in [-0.2, 0) is 13.0 Å². The maximum atomic E-state index is 12.5. The predicted octanol–water partition coefficient (Wildman–Crippen LogP) is 4.19. The number of aromatic nitrogens is 1. The molecule has 0 fully saturated rings. The van der Waals surface area contributed by atoms with Gasteiger partial charge in [0, 0.05) is 46.1 Å². The number of nitrogens with one attached hydrogen (secondary N) is 1. The molecule has 0 bridgehead atoms. The molecule has 0 radical (unpaired) electrons. The van der Waals surface area contributed by atoms with E-state index in [9.17, 15) is 4.79 Å². The van der Waals surface area contributed by atoms with Crippen LogP contribution in [0.15, 0.2) is 40.2 Å². The summed E-state index contributed by atoms with van der Waals surface area (Å²) in [5.74, 6) is 0.139. The fourth-order valence-corrected chi connectivity index (χ4v) is 3.97. The molecular formula is C16H13BrN2OS. The molecule has 0 unspecified atom stereocenters. The summed E-state index contributed by atoms with van der Waals surface area (Å²) >= 11 is 5.04. The number of hydrogen-bond donors (Lipinski definition) is 1. The van der Waals surface area contributed by atoms with E-state index in [0.717, 1.165) is 27.8 Å². The van der Waals surface area contributed by atoms with Crippen LogP contribution < -0.4 is 0 Å².